The second kappa shape index (κ2) is 5.20. The lowest BCUT2D eigenvalue weighted by molar-refractivity contribution is 0.458. The highest BCUT2D eigenvalue weighted by Crippen LogP contribution is 2.42. The zero-order valence-corrected chi connectivity index (χ0v) is 11.8. The molecule has 2 nitrogen and oxygen atoms in total. The Morgan fingerprint density at radius 2 is 1.65 bits per heavy atom. The van der Waals surface area contributed by atoms with Gasteiger partial charge in [0, 0.05) is 21.9 Å². The van der Waals surface area contributed by atoms with E-state index in [1.807, 2.05) is 24.3 Å². The molecule has 2 aromatic rings. The summed E-state index contributed by atoms with van der Waals surface area (Å²) >= 11 is 0. The molecule has 1 aliphatic rings. The highest BCUT2D eigenvalue weighted by Gasteiger charge is 2.21. The van der Waals surface area contributed by atoms with Gasteiger partial charge in [0.25, 0.3) is 0 Å². The maximum absolute atomic E-state index is 10.5. The molecule has 0 heterocycles. The number of rotatable bonds is 3. The van der Waals surface area contributed by atoms with Crippen LogP contribution in [0.4, 0.5) is 0 Å². The predicted molar refractivity (Wildman–Crippen MR) is 82.3 cm³/mol. The Hall–Kier alpha value is -1.96. The van der Waals surface area contributed by atoms with Crippen molar-refractivity contribution in [2.24, 2.45) is 0 Å². The van der Waals surface area contributed by atoms with Gasteiger partial charge in [0.2, 0.25) is 0 Å². The van der Waals surface area contributed by atoms with Crippen LogP contribution in [0.3, 0.4) is 0 Å². The summed E-state index contributed by atoms with van der Waals surface area (Å²) in [5.74, 6) is 0.676. The van der Waals surface area contributed by atoms with E-state index in [-0.39, 0.29) is 0 Å². The van der Waals surface area contributed by atoms with Gasteiger partial charge in [-0.1, -0.05) is 49.3 Å². The van der Waals surface area contributed by atoms with Crippen molar-refractivity contribution >= 4 is 10.8 Å². The number of fused-ring (bicyclic) bond motifs is 2. The zero-order valence-electron chi connectivity index (χ0n) is 11.8. The lowest BCUT2D eigenvalue weighted by Crippen LogP contribution is -2.05. The minimum Gasteiger partial charge on any atom is -0.507 e. The molecule has 2 aromatic carbocycles. The third-order valence-corrected chi connectivity index (χ3v) is 4.22. The van der Waals surface area contributed by atoms with E-state index in [4.69, 9.17) is 0 Å². The van der Waals surface area contributed by atoms with Gasteiger partial charge < -0.3 is 10.2 Å². The molecule has 0 aliphatic heterocycles. The highest BCUT2D eigenvalue weighted by atomic mass is 16.3. The lowest BCUT2D eigenvalue weighted by atomic mass is 9.86. The van der Waals surface area contributed by atoms with Crippen molar-refractivity contribution in [1.29, 1.82) is 0 Å². The summed E-state index contributed by atoms with van der Waals surface area (Å²) in [7, 11) is 0. The van der Waals surface area contributed by atoms with E-state index >= 15 is 0 Å². The summed E-state index contributed by atoms with van der Waals surface area (Å²) in [5.41, 5.74) is 3.18. The number of phenols is 2. The van der Waals surface area contributed by atoms with Crippen molar-refractivity contribution in [3.8, 4) is 11.5 Å². The fraction of sp³-hybridized carbons (Fsp3) is 0.333. The van der Waals surface area contributed by atoms with Crippen LogP contribution in [0, 0.1) is 0 Å². The summed E-state index contributed by atoms with van der Waals surface area (Å²) in [6, 6.07) is 7.51. The van der Waals surface area contributed by atoms with Gasteiger partial charge in [-0.3, -0.25) is 0 Å². The second-order valence-corrected chi connectivity index (χ2v) is 5.55. The first kappa shape index (κ1) is 13.0. The number of benzene rings is 2. The van der Waals surface area contributed by atoms with Crippen LogP contribution in [-0.4, -0.2) is 10.2 Å². The quantitative estimate of drug-likeness (QED) is 0.637. The lowest BCUT2D eigenvalue weighted by Gasteiger charge is -2.21. The highest BCUT2D eigenvalue weighted by molar-refractivity contribution is 5.95. The predicted octanol–water partition coefficient (Wildman–Crippen LogP) is 4.47. The molecule has 3 rings (SSSR count). The van der Waals surface area contributed by atoms with Crippen LogP contribution in [0.15, 0.2) is 35.9 Å². The molecule has 0 spiro atoms. The van der Waals surface area contributed by atoms with Gasteiger partial charge in [-0.15, -0.1) is 0 Å². The van der Waals surface area contributed by atoms with Crippen LogP contribution < -0.4 is 0 Å². The van der Waals surface area contributed by atoms with E-state index in [0.29, 0.717) is 11.5 Å². The van der Waals surface area contributed by atoms with E-state index in [2.05, 4.69) is 13.0 Å². The molecule has 0 atom stereocenters. The van der Waals surface area contributed by atoms with E-state index < -0.39 is 0 Å². The number of hydrogen-bond donors (Lipinski definition) is 2. The van der Waals surface area contributed by atoms with Gasteiger partial charge in [-0.25, -0.2) is 0 Å². The largest absolute Gasteiger partial charge is 0.507 e. The van der Waals surface area contributed by atoms with Crippen molar-refractivity contribution in [3.63, 3.8) is 0 Å². The Kier molecular flexibility index (Phi) is 3.39. The van der Waals surface area contributed by atoms with Crippen LogP contribution in [-0.2, 0) is 12.8 Å². The third-order valence-electron chi connectivity index (χ3n) is 4.22. The number of phenolic OH excluding ortho intramolecular Hbond substituents is 2. The summed E-state index contributed by atoms with van der Waals surface area (Å²) in [4.78, 5) is 0. The molecule has 1 aliphatic carbocycles. The SMILES string of the molecule is CCCCC1=CCc2c(c(O)c3ccccc3c2O)C1. The van der Waals surface area contributed by atoms with E-state index in [1.54, 1.807) is 0 Å². The molecule has 0 radical (unpaired) electrons. The van der Waals surface area contributed by atoms with E-state index in [0.717, 1.165) is 41.2 Å². The normalized spacial score (nSPS) is 14.2. The summed E-state index contributed by atoms with van der Waals surface area (Å²) in [5, 5.41) is 22.5. The first-order valence-electron chi connectivity index (χ1n) is 7.34. The van der Waals surface area contributed by atoms with Crippen molar-refractivity contribution in [2.75, 3.05) is 0 Å². The average molecular weight is 268 g/mol. The number of aromatic hydroxyl groups is 2. The van der Waals surface area contributed by atoms with Gasteiger partial charge in [0.1, 0.15) is 11.5 Å². The van der Waals surface area contributed by atoms with Crippen molar-refractivity contribution < 1.29 is 10.2 Å². The zero-order chi connectivity index (χ0) is 14.1. The van der Waals surface area contributed by atoms with E-state index in [9.17, 15) is 10.2 Å². The number of hydrogen-bond acceptors (Lipinski definition) is 2. The molecule has 0 aromatic heterocycles. The van der Waals surface area contributed by atoms with Crippen molar-refractivity contribution in [1.82, 2.24) is 0 Å². The molecule has 0 unspecified atom stereocenters. The molecule has 2 N–H and O–H groups in total. The smallest absolute Gasteiger partial charge is 0.127 e. The Morgan fingerprint density at radius 3 is 2.30 bits per heavy atom. The number of unbranched alkanes of at least 4 members (excludes halogenated alkanes) is 1. The molecule has 0 amide bonds. The molecular formula is C18H20O2. The summed E-state index contributed by atoms with van der Waals surface area (Å²) in [6.07, 6.45) is 7.15. The van der Waals surface area contributed by atoms with Crippen LogP contribution in [0.5, 0.6) is 11.5 Å². The van der Waals surface area contributed by atoms with Crippen molar-refractivity contribution in [3.05, 3.63) is 47.0 Å². The monoisotopic (exact) mass is 268 g/mol. The Balaban J connectivity index is 2.09. The Morgan fingerprint density at radius 1 is 1.00 bits per heavy atom. The molecule has 20 heavy (non-hydrogen) atoms. The number of allylic oxidation sites excluding steroid dienone is 2. The fourth-order valence-electron chi connectivity index (χ4n) is 3.06. The molecule has 0 saturated heterocycles. The maximum atomic E-state index is 10.5. The van der Waals surface area contributed by atoms with Crippen LogP contribution >= 0.6 is 0 Å². The molecule has 0 saturated carbocycles. The van der Waals surface area contributed by atoms with Crippen molar-refractivity contribution in [2.45, 2.75) is 39.0 Å². The topological polar surface area (TPSA) is 40.5 Å². The Bertz CT molecular complexity index is 683. The van der Waals surface area contributed by atoms with Gasteiger partial charge in [-0.05, 0) is 25.7 Å². The standard InChI is InChI=1S/C18H20O2/c1-2-3-6-12-9-10-15-16(11-12)18(20)14-8-5-4-7-13(14)17(15)19/h4-5,7-9,19-20H,2-3,6,10-11H2,1H3. The molecule has 0 bridgehead atoms. The van der Waals surface area contributed by atoms with Crippen LogP contribution in [0.2, 0.25) is 0 Å². The maximum Gasteiger partial charge on any atom is 0.127 e. The first-order chi connectivity index (χ1) is 9.72. The minimum atomic E-state index is 0.333. The van der Waals surface area contributed by atoms with Gasteiger partial charge >= 0.3 is 0 Å². The summed E-state index contributed by atoms with van der Waals surface area (Å²) < 4.78 is 0. The third kappa shape index (κ3) is 2.05. The van der Waals surface area contributed by atoms with E-state index in [1.165, 1.54) is 18.4 Å². The average Bonchev–Trinajstić information content (AvgIpc) is 2.50. The minimum absolute atomic E-state index is 0.333. The van der Waals surface area contributed by atoms with Crippen LogP contribution in [0.25, 0.3) is 10.8 Å². The van der Waals surface area contributed by atoms with Crippen LogP contribution in [0.1, 0.15) is 37.3 Å². The van der Waals surface area contributed by atoms with Gasteiger partial charge in [0.15, 0.2) is 0 Å². The molecule has 2 heteroatoms. The van der Waals surface area contributed by atoms with Gasteiger partial charge in [0.05, 0.1) is 0 Å². The van der Waals surface area contributed by atoms with Gasteiger partial charge in [-0.2, -0.15) is 0 Å². The fourth-order valence-corrected chi connectivity index (χ4v) is 3.06. The molecule has 0 fully saturated rings. The summed E-state index contributed by atoms with van der Waals surface area (Å²) in [6.45, 7) is 2.19. The second-order valence-electron chi connectivity index (χ2n) is 5.55. The first-order valence-corrected chi connectivity index (χ1v) is 7.34. The molecule has 104 valence electrons. The Labute approximate surface area is 119 Å². The molecular weight excluding hydrogens is 248 g/mol.